The minimum absolute atomic E-state index is 0.0773. The fourth-order valence-corrected chi connectivity index (χ4v) is 2.26. The highest BCUT2D eigenvalue weighted by Gasteiger charge is 2.40. The van der Waals surface area contributed by atoms with E-state index in [0.29, 0.717) is 11.6 Å². The van der Waals surface area contributed by atoms with Crippen LogP contribution in [0.4, 0.5) is 5.69 Å². The second-order valence-electron chi connectivity index (χ2n) is 5.23. The van der Waals surface area contributed by atoms with E-state index in [1.54, 1.807) is 18.2 Å². The minimum atomic E-state index is -0.496. The fourth-order valence-electron chi connectivity index (χ4n) is 1.88. The van der Waals surface area contributed by atoms with E-state index in [9.17, 15) is 14.4 Å². The van der Waals surface area contributed by atoms with E-state index >= 15 is 0 Å². The molecule has 2 N–H and O–H groups in total. The molecule has 0 aromatic heterocycles. The van der Waals surface area contributed by atoms with Gasteiger partial charge in [0.2, 0.25) is 5.91 Å². The van der Waals surface area contributed by atoms with Gasteiger partial charge in [0.25, 0.3) is 5.91 Å². The molecule has 7 heteroatoms. The predicted molar refractivity (Wildman–Crippen MR) is 84.0 cm³/mol. The first kappa shape index (κ1) is 16.5. The highest BCUT2D eigenvalue weighted by molar-refractivity contribution is 9.10. The van der Waals surface area contributed by atoms with Crippen molar-refractivity contribution < 1.29 is 19.1 Å². The molecule has 0 unspecified atom stereocenters. The average Bonchev–Trinajstić information content (AvgIpc) is 3.22. The fraction of sp³-hybridized carbons (Fsp3) is 0.400. The number of carbonyl (C=O) groups is 3. The molecule has 1 aliphatic carbocycles. The second kappa shape index (κ2) is 7.40. The summed E-state index contributed by atoms with van der Waals surface area (Å²) in [6.45, 7) is 1.42. The zero-order chi connectivity index (χ0) is 16.1. The molecule has 6 nitrogen and oxygen atoms in total. The van der Waals surface area contributed by atoms with Crippen LogP contribution in [0.15, 0.2) is 28.7 Å². The number of amides is 2. The Hall–Kier alpha value is -1.89. The molecule has 118 valence electrons. The first-order chi connectivity index (χ1) is 10.5. The molecule has 0 aliphatic heterocycles. The smallest absolute Gasteiger partial charge is 0.309 e. The summed E-state index contributed by atoms with van der Waals surface area (Å²) in [4.78, 5) is 34.7. The van der Waals surface area contributed by atoms with Gasteiger partial charge in [-0.05, 0) is 40.4 Å². The number of nitrogens with one attached hydrogen (secondary N) is 2. The van der Waals surface area contributed by atoms with E-state index in [2.05, 4.69) is 26.6 Å². The highest BCUT2D eigenvalue weighted by Crippen LogP contribution is 2.38. The third-order valence-corrected chi connectivity index (χ3v) is 4.04. The van der Waals surface area contributed by atoms with Crippen molar-refractivity contribution in [1.29, 1.82) is 0 Å². The van der Waals surface area contributed by atoms with Crippen LogP contribution in [0.1, 0.15) is 13.3 Å². The summed E-state index contributed by atoms with van der Waals surface area (Å²) in [5.74, 6) is -0.941. The lowest BCUT2D eigenvalue weighted by atomic mass is 10.3. The molecule has 0 spiro atoms. The van der Waals surface area contributed by atoms with Crippen molar-refractivity contribution in [3.05, 3.63) is 28.7 Å². The van der Waals surface area contributed by atoms with Crippen LogP contribution >= 0.6 is 15.9 Å². The van der Waals surface area contributed by atoms with Gasteiger partial charge in [-0.2, -0.15) is 0 Å². The first-order valence-corrected chi connectivity index (χ1v) is 7.74. The normalized spacial score (nSPS) is 19.2. The van der Waals surface area contributed by atoms with Gasteiger partial charge in [-0.15, -0.1) is 0 Å². The molecule has 22 heavy (non-hydrogen) atoms. The number of hydrogen-bond donors (Lipinski definition) is 2. The first-order valence-electron chi connectivity index (χ1n) is 6.95. The van der Waals surface area contributed by atoms with E-state index < -0.39 is 5.91 Å². The summed E-state index contributed by atoms with van der Waals surface area (Å²) in [5, 5.41) is 5.06. The zero-order valence-electron chi connectivity index (χ0n) is 12.1. The van der Waals surface area contributed by atoms with Gasteiger partial charge in [0.1, 0.15) is 0 Å². The molecule has 2 amide bonds. The van der Waals surface area contributed by atoms with Gasteiger partial charge in [-0.25, -0.2) is 0 Å². The number of halogens is 1. The van der Waals surface area contributed by atoms with Crippen molar-refractivity contribution in [2.24, 2.45) is 11.8 Å². The Balaban J connectivity index is 1.66. The molecular weight excluding hydrogens is 352 g/mol. The van der Waals surface area contributed by atoms with Gasteiger partial charge < -0.3 is 15.4 Å². The zero-order valence-corrected chi connectivity index (χ0v) is 13.7. The van der Waals surface area contributed by atoms with E-state index in [1.165, 1.54) is 0 Å². The minimum Gasteiger partial charge on any atom is -0.455 e. The lowest BCUT2D eigenvalue weighted by molar-refractivity contribution is -0.150. The standard InChI is InChI=1S/C15H17BrN2O4/c1-9-6-10(9)15(21)22-8-14(20)17-7-13(19)18-12-5-3-2-4-11(12)16/h2-5,9-10H,6-8H2,1H3,(H,17,20)(H,18,19)/t9-,10-/m1/s1. The lowest BCUT2D eigenvalue weighted by Gasteiger charge is -2.08. The largest absolute Gasteiger partial charge is 0.455 e. The molecule has 0 saturated heterocycles. The average molecular weight is 369 g/mol. The maximum absolute atomic E-state index is 11.7. The van der Waals surface area contributed by atoms with E-state index in [0.717, 1.165) is 10.9 Å². The maximum atomic E-state index is 11.7. The van der Waals surface area contributed by atoms with Crippen LogP contribution in [0.25, 0.3) is 0 Å². The van der Waals surface area contributed by atoms with Crippen LogP contribution < -0.4 is 10.6 Å². The molecule has 0 bridgehead atoms. The molecule has 0 radical (unpaired) electrons. The van der Waals surface area contributed by atoms with Gasteiger partial charge in [0, 0.05) is 4.47 Å². The van der Waals surface area contributed by atoms with Crippen LogP contribution in [-0.4, -0.2) is 30.9 Å². The third kappa shape index (κ3) is 4.84. The number of anilines is 1. The molecule has 1 aromatic rings. The van der Waals surface area contributed by atoms with Crippen LogP contribution in [0.5, 0.6) is 0 Å². The summed E-state index contributed by atoms with van der Waals surface area (Å²) >= 11 is 3.31. The van der Waals surface area contributed by atoms with E-state index in [-0.39, 0.29) is 30.9 Å². The number of para-hydroxylation sites is 1. The van der Waals surface area contributed by atoms with E-state index in [1.807, 2.05) is 13.0 Å². The molecule has 2 atom stereocenters. The SMILES string of the molecule is C[C@@H]1C[C@H]1C(=O)OCC(=O)NCC(=O)Nc1ccccc1Br. The van der Waals surface area contributed by atoms with Crippen molar-refractivity contribution in [3.63, 3.8) is 0 Å². The van der Waals surface area contributed by atoms with Gasteiger partial charge in [-0.1, -0.05) is 19.1 Å². The maximum Gasteiger partial charge on any atom is 0.309 e. The molecule has 1 saturated carbocycles. The lowest BCUT2D eigenvalue weighted by Crippen LogP contribution is -2.35. The van der Waals surface area contributed by atoms with Crippen LogP contribution in [-0.2, 0) is 19.1 Å². The van der Waals surface area contributed by atoms with Crippen LogP contribution in [0.2, 0.25) is 0 Å². The van der Waals surface area contributed by atoms with Crippen LogP contribution in [0, 0.1) is 11.8 Å². The van der Waals surface area contributed by atoms with Gasteiger partial charge >= 0.3 is 5.97 Å². The van der Waals surface area contributed by atoms with Crippen molar-refractivity contribution in [2.75, 3.05) is 18.5 Å². The molecule has 2 rings (SSSR count). The third-order valence-electron chi connectivity index (χ3n) is 3.35. The Kier molecular flexibility index (Phi) is 5.54. The summed E-state index contributed by atoms with van der Waals surface area (Å²) < 4.78 is 5.63. The predicted octanol–water partition coefficient (Wildman–Crippen LogP) is 1.70. The Morgan fingerprint density at radius 3 is 2.59 bits per heavy atom. The molecule has 1 aromatic carbocycles. The molecule has 0 heterocycles. The highest BCUT2D eigenvalue weighted by atomic mass is 79.9. The van der Waals surface area contributed by atoms with Crippen molar-refractivity contribution in [1.82, 2.24) is 5.32 Å². The van der Waals surface area contributed by atoms with Crippen molar-refractivity contribution in [3.8, 4) is 0 Å². The Morgan fingerprint density at radius 2 is 1.95 bits per heavy atom. The number of carbonyl (C=O) groups excluding carboxylic acids is 3. The van der Waals surface area contributed by atoms with E-state index in [4.69, 9.17) is 4.74 Å². The second-order valence-corrected chi connectivity index (χ2v) is 6.09. The summed E-state index contributed by atoms with van der Waals surface area (Å²) in [6, 6.07) is 7.16. The van der Waals surface area contributed by atoms with Gasteiger partial charge in [0.15, 0.2) is 6.61 Å². The number of esters is 1. The topological polar surface area (TPSA) is 84.5 Å². The number of rotatable bonds is 6. The number of ether oxygens (including phenoxy) is 1. The summed E-state index contributed by atoms with van der Waals surface area (Å²) in [7, 11) is 0. The van der Waals surface area contributed by atoms with Crippen molar-refractivity contribution >= 4 is 39.4 Å². The molecular formula is C15H17BrN2O4. The monoisotopic (exact) mass is 368 g/mol. The molecule has 1 aliphatic rings. The number of benzene rings is 1. The quantitative estimate of drug-likeness (QED) is 0.748. The Morgan fingerprint density at radius 1 is 1.27 bits per heavy atom. The Bertz CT molecular complexity index is 591. The summed E-state index contributed by atoms with van der Waals surface area (Å²) in [6.07, 6.45) is 0.814. The summed E-state index contributed by atoms with van der Waals surface area (Å²) in [5.41, 5.74) is 0.621. The molecule has 1 fully saturated rings. The number of hydrogen-bond acceptors (Lipinski definition) is 4. The van der Waals surface area contributed by atoms with Crippen molar-refractivity contribution in [2.45, 2.75) is 13.3 Å². The van der Waals surface area contributed by atoms with Gasteiger partial charge in [0.05, 0.1) is 18.2 Å². The van der Waals surface area contributed by atoms with Crippen LogP contribution in [0.3, 0.4) is 0 Å². The Labute approximate surface area is 136 Å². The van der Waals surface area contributed by atoms with Gasteiger partial charge in [-0.3, -0.25) is 14.4 Å².